The minimum atomic E-state index is -4.22. The molecule has 0 fully saturated rings. The van der Waals surface area contributed by atoms with Crippen LogP contribution in [0.25, 0.3) is 31.2 Å². The van der Waals surface area contributed by atoms with Crippen molar-refractivity contribution in [2.75, 3.05) is 0 Å². The van der Waals surface area contributed by atoms with E-state index in [1.54, 1.807) is 12.1 Å². The minimum Gasteiger partial charge on any atom is -0.378 e. The Hall–Kier alpha value is -3.02. The number of rotatable bonds is 3. The van der Waals surface area contributed by atoms with Crippen LogP contribution < -0.4 is 15.4 Å². The van der Waals surface area contributed by atoms with Gasteiger partial charge in [0.15, 0.2) is 5.75 Å². The van der Waals surface area contributed by atoms with Crippen LogP contribution in [0.2, 0.25) is 0 Å². The van der Waals surface area contributed by atoms with Crippen LogP contribution in [0, 0.1) is 6.92 Å². The summed E-state index contributed by atoms with van der Waals surface area (Å²) in [5.41, 5.74) is -0.284. The molecule has 3 heterocycles. The molecule has 0 amide bonds. The molecule has 0 unspecified atom stereocenters. The van der Waals surface area contributed by atoms with Crippen molar-refractivity contribution in [2.45, 2.75) is 11.8 Å². The fraction of sp³-hybridized carbons (Fsp3) is 0.0556. The van der Waals surface area contributed by atoms with Crippen LogP contribution in [0.15, 0.2) is 50.2 Å². The van der Waals surface area contributed by atoms with Crippen LogP contribution in [-0.2, 0) is 10.1 Å². The Morgan fingerprint density at radius 2 is 1.90 bits per heavy atom. The van der Waals surface area contributed by atoms with E-state index in [4.69, 9.17) is 4.18 Å². The van der Waals surface area contributed by atoms with Gasteiger partial charge in [-0.3, -0.25) is 9.78 Å². The molecule has 0 aliphatic rings. The molecular formula is C18H11N3O5S3. The quantitative estimate of drug-likeness (QED) is 0.412. The zero-order valence-corrected chi connectivity index (χ0v) is 17.1. The third-order valence-electron chi connectivity index (χ3n) is 4.37. The van der Waals surface area contributed by atoms with Gasteiger partial charge < -0.3 is 9.17 Å². The second kappa shape index (κ2) is 6.24. The van der Waals surface area contributed by atoms with Gasteiger partial charge in [0, 0.05) is 11.5 Å². The number of thiophene rings is 1. The van der Waals surface area contributed by atoms with Crippen molar-refractivity contribution in [2.24, 2.45) is 0 Å². The highest BCUT2D eigenvalue weighted by Crippen LogP contribution is 2.39. The van der Waals surface area contributed by atoms with Crippen LogP contribution in [0.4, 0.5) is 0 Å². The third-order valence-corrected chi connectivity index (χ3v) is 7.44. The van der Waals surface area contributed by atoms with Gasteiger partial charge >= 0.3 is 15.8 Å². The number of thiazole rings is 1. The summed E-state index contributed by atoms with van der Waals surface area (Å²) in [6.45, 7) is 1.89. The fourth-order valence-electron chi connectivity index (χ4n) is 3.12. The number of hydrogen-bond donors (Lipinski definition) is 2. The van der Waals surface area contributed by atoms with Crippen molar-refractivity contribution < 1.29 is 12.6 Å². The maximum absolute atomic E-state index is 12.9. The van der Waals surface area contributed by atoms with E-state index in [0.717, 1.165) is 19.9 Å². The van der Waals surface area contributed by atoms with Crippen LogP contribution in [0.1, 0.15) is 5.01 Å². The molecule has 146 valence electrons. The highest BCUT2D eigenvalue weighted by molar-refractivity contribution is 7.87. The number of aromatic amines is 2. The van der Waals surface area contributed by atoms with E-state index in [9.17, 15) is 18.0 Å². The lowest BCUT2D eigenvalue weighted by atomic mass is 10.2. The van der Waals surface area contributed by atoms with Gasteiger partial charge in [0.1, 0.15) is 4.90 Å². The molecule has 2 aromatic carbocycles. The number of hydrogen-bond acceptors (Lipinski definition) is 8. The summed E-state index contributed by atoms with van der Waals surface area (Å²) in [6, 6.07) is 7.28. The average molecular weight is 446 g/mol. The van der Waals surface area contributed by atoms with Gasteiger partial charge in [-0.15, -0.1) is 22.7 Å². The Labute approximate surface area is 170 Å². The topological polar surface area (TPSA) is 122 Å². The zero-order chi connectivity index (χ0) is 20.3. The van der Waals surface area contributed by atoms with Gasteiger partial charge in [-0.1, -0.05) is 0 Å². The van der Waals surface area contributed by atoms with Gasteiger partial charge in [-0.25, -0.2) is 9.78 Å². The SMILES string of the molecule is Cc1nc2c(cc(OS(=O)(=O)c3ccc4[nH]c(=O)[nH]c(=O)c4c3)c3ccsc32)s1. The summed E-state index contributed by atoms with van der Waals surface area (Å²) in [5.74, 6) is 0.202. The first-order chi connectivity index (χ1) is 13.8. The predicted molar refractivity (Wildman–Crippen MR) is 113 cm³/mol. The molecule has 11 heteroatoms. The molecule has 8 nitrogen and oxygen atoms in total. The van der Waals surface area contributed by atoms with Crippen molar-refractivity contribution in [3.8, 4) is 5.75 Å². The number of aryl methyl sites for hydroxylation is 1. The monoisotopic (exact) mass is 445 g/mol. The number of nitrogens with one attached hydrogen (secondary N) is 2. The number of H-pyrrole nitrogens is 2. The molecule has 0 spiro atoms. The van der Waals surface area contributed by atoms with Crippen LogP contribution in [-0.4, -0.2) is 23.4 Å². The van der Waals surface area contributed by atoms with Gasteiger partial charge in [0.25, 0.3) is 5.56 Å². The van der Waals surface area contributed by atoms with E-state index < -0.39 is 21.4 Å². The van der Waals surface area contributed by atoms with E-state index in [1.807, 2.05) is 12.3 Å². The highest BCUT2D eigenvalue weighted by atomic mass is 32.2. The van der Waals surface area contributed by atoms with Gasteiger partial charge in [0.05, 0.1) is 30.8 Å². The van der Waals surface area contributed by atoms with E-state index >= 15 is 0 Å². The first kappa shape index (κ1) is 18.0. The second-order valence-electron chi connectivity index (χ2n) is 6.27. The standard InChI is InChI=1S/C18H11N3O5S3/c1-8-19-15-14(28-8)7-13(10-4-5-27-16(10)15)26-29(24,25)9-2-3-12-11(6-9)17(22)21-18(23)20-12/h2-7H,1H3,(H2,20,21,22,23). The largest absolute Gasteiger partial charge is 0.378 e. The van der Waals surface area contributed by atoms with Gasteiger partial charge in [0.2, 0.25) is 0 Å². The minimum absolute atomic E-state index is 0.0449. The Balaban J connectivity index is 1.66. The lowest BCUT2D eigenvalue weighted by Gasteiger charge is -2.09. The van der Waals surface area contributed by atoms with Crippen molar-refractivity contribution >= 4 is 64.0 Å². The Morgan fingerprint density at radius 3 is 2.72 bits per heavy atom. The molecule has 0 atom stereocenters. The Morgan fingerprint density at radius 1 is 1.07 bits per heavy atom. The van der Waals surface area contributed by atoms with Crippen LogP contribution in [0.5, 0.6) is 5.75 Å². The Bertz CT molecular complexity index is 1660. The van der Waals surface area contributed by atoms with E-state index in [0.29, 0.717) is 5.39 Å². The van der Waals surface area contributed by atoms with Crippen molar-refractivity contribution in [1.82, 2.24) is 15.0 Å². The summed E-state index contributed by atoms with van der Waals surface area (Å²) >= 11 is 2.91. The van der Waals surface area contributed by atoms with Crippen LogP contribution >= 0.6 is 22.7 Å². The molecule has 29 heavy (non-hydrogen) atoms. The molecule has 3 aromatic heterocycles. The van der Waals surface area contributed by atoms with Crippen molar-refractivity contribution in [1.29, 1.82) is 0 Å². The smallest absolute Gasteiger partial charge is 0.339 e. The summed E-state index contributed by atoms with van der Waals surface area (Å²) in [7, 11) is -4.22. The van der Waals surface area contributed by atoms with Crippen molar-refractivity contribution in [3.63, 3.8) is 0 Å². The van der Waals surface area contributed by atoms with E-state index in [2.05, 4.69) is 15.0 Å². The van der Waals surface area contributed by atoms with E-state index in [1.165, 1.54) is 40.9 Å². The molecule has 0 saturated heterocycles. The number of benzene rings is 2. The number of fused-ring (bicyclic) bond motifs is 4. The first-order valence-electron chi connectivity index (χ1n) is 8.30. The first-order valence-corrected chi connectivity index (χ1v) is 11.4. The van der Waals surface area contributed by atoms with Crippen molar-refractivity contribution in [3.05, 3.63) is 61.6 Å². The lowest BCUT2D eigenvalue weighted by molar-refractivity contribution is 0.489. The Kier molecular flexibility index (Phi) is 3.88. The average Bonchev–Trinajstić information content (AvgIpc) is 3.27. The van der Waals surface area contributed by atoms with Gasteiger partial charge in [-0.2, -0.15) is 8.42 Å². The molecule has 0 aliphatic carbocycles. The molecule has 0 bridgehead atoms. The third kappa shape index (κ3) is 2.94. The summed E-state index contributed by atoms with van der Waals surface area (Å²) in [4.78, 5) is 32.2. The normalized spacial score (nSPS) is 12.2. The molecular weight excluding hydrogens is 434 g/mol. The summed E-state index contributed by atoms with van der Waals surface area (Å²) in [6.07, 6.45) is 0. The molecule has 0 aliphatic heterocycles. The fourth-order valence-corrected chi connectivity index (χ4v) is 5.92. The summed E-state index contributed by atoms with van der Waals surface area (Å²) in [5, 5.41) is 3.42. The summed E-state index contributed by atoms with van der Waals surface area (Å²) < 4.78 is 33.0. The van der Waals surface area contributed by atoms with Gasteiger partial charge in [-0.05, 0) is 36.6 Å². The highest BCUT2D eigenvalue weighted by Gasteiger charge is 2.21. The molecule has 5 aromatic rings. The molecule has 5 rings (SSSR count). The number of nitrogens with zero attached hydrogens (tertiary/aromatic N) is 1. The molecule has 0 radical (unpaired) electrons. The number of aromatic nitrogens is 3. The molecule has 2 N–H and O–H groups in total. The zero-order valence-electron chi connectivity index (χ0n) is 14.7. The maximum atomic E-state index is 12.9. The molecule has 0 saturated carbocycles. The predicted octanol–water partition coefficient (Wildman–Crippen LogP) is 3.12. The maximum Gasteiger partial charge on any atom is 0.339 e. The van der Waals surface area contributed by atoms with E-state index in [-0.39, 0.29) is 21.5 Å². The lowest BCUT2D eigenvalue weighted by Crippen LogP contribution is -2.22. The van der Waals surface area contributed by atoms with Crippen LogP contribution in [0.3, 0.4) is 0 Å². The second-order valence-corrected chi connectivity index (χ2v) is 9.97.